The van der Waals surface area contributed by atoms with Gasteiger partial charge in [0.25, 0.3) is 0 Å². The molecular weight excluding hydrogens is 397 g/mol. The zero-order valence-electron chi connectivity index (χ0n) is 8.42. The van der Waals surface area contributed by atoms with Crippen molar-refractivity contribution in [3.05, 3.63) is 44.2 Å². The molecule has 0 atom stereocenters. The molecule has 0 saturated heterocycles. The van der Waals surface area contributed by atoms with Gasteiger partial charge in [-0.25, -0.2) is 14.4 Å². The maximum absolute atomic E-state index is 13.5. The van der Waals surface area contributed by atoms with Crippen LogP contribution < -0.4 is 4.74 Å². The third kappa shape index (κ3) is 2.78. The summed E-state index contributed by atoms with van der Waals surface area (Å²) in [5.74, 6) is -2.46. The SMILES string of the molecule is Fc1cc(Br)cc(Oc2ncnc(Cl)c2Br)c1F. The van der Waals surface area contributed by atoms with Gasteiger partial charge in [-0.1, -0.05) is 27.5 Å². The summed E-state index contributed by atoms with van der Waals surface area (Å²) in [4.78, 5) is 7.45. The summed E-state index contributed by atoms with van der Waals surface area (Å²) >= 11 is 11.9. The van der Waals surface area contributed by atoms with Gasteiger partial charge in [-0.3, -0.25) is 0 Å². The van der Waals surface area contributed by atoms with Crippen LogP contribution in [0.1, 0.15) is 0 Å². The van der Waals surface area contributed by atoms with Gasteiger partial charge in [0, 0.05) is 4.47 Å². The topological polar surface area (TPSA) is 35.0 Å². The average molecular weight is 400 g/mol. The molecule has 0 aliphatic rings. The minimum absolute atomic E-state index is 0.00796. The van der Waals surface area contributed by atoms with E-state index in [9.17, 15) is 8.78 Å². The Bertz CT molecular complexity index is 613. The van der Waals surface area contributed by atoms with Crippen LogP contribution in [0.4, 0.5) is 8.78 Å². The largest absolute Gasteiger partial charge is 0.434 e. The molecule has 8 heteroatoms. The van der Waals surface area contributed by atoms with Gasteiger partial charge in [0.2, 0.25) is 11.7 Å². The monoisotopic (exact) mass is 398 g/mol. The molecule has 1 aromatic heterocycles. The third-order valence-electron chi connectivity index (χ3n) is 1.88. The number of hydrogen-bond acceptors (Lipinski definition) is 3. The second-order valence-electron chi connectivity index (χ2n) is 3.09. The van der Waals surface area contributed by atoms with Crippen molar-refractivity contribution in [1.82, 2.24) is 9.97 Å². The Morgan fingerprint density at radius 2 is 1.89 bits per heavy atom. The van der Waals surface area contributed by atoms with Gasteiger partial charge in [-0.05, 0) is 28.1 Å². The second kappa shape index (κ2) is 5.46. The summed E-state index contributed by atoms with van der Waals surface area (Å²) < 4.78 is 32.4. The zero-order valence-corrected chi connectivity index (χ0v) is 12.4. The molecule has 3 nitrogen and oxygen atoms in total. The third-order valence-corrected chi connectivity index (χ3v) is 3.57. The molecule has 0 unspecified atom stereocenters. The van der Waals surface area contributed by atoms with Gasteiger partial charge < -0.3 is 4.74 Å². The van der Waals surface area contributed by atoms with E-state index in [-0.39, 0.29) is 21.3 Å². The molecule has 0 amide bonds. The fourth-order valence-corrected chi connectivity index (χ4v) is 1.93. The van der Waals surface area contributed by atoms with Gasteiger partial charge in [-0.2, -0.15) is 4.39 Å². The van der Waals surface area contributed by atoms with E-state index in [4.69, 9.17) is 16.3 Å². The summed E-state index contributed by atoms with van der Waals surface area (Å²) in [5, 5.41) is 0.107. The van der Waals surface area contributed by atoms with Gasteiger partial charge >= 0.3 is 0 Å². The predicted octanol–water partition coefficient (Wildman–Crippen LogP) is 4.73. The van der Waals surface area contributed by atoms with Crippen molar-refractivity contribution in [3.63, 3.8) is 0 Å². The summed E-state index contributed by atoms with van der Waals surface area (Å²) in [6.07, 6.45) is 1.15. The molecule has 94 valence electrons. The first-order valence-corrected chi connectivity index (χ1v) is 6.44. The number of rotatable bonds is 2. The molecule has 18 heavy (non-hydrogen) atoms. The summed E-state index contributed by atoms with van der Waals surface area (Å²) in [6, 6.07) is 2.27. The standard InChI is InChI=1S/C10H3Br2ClF2N2O/c11-4-1-5(14)8(15)6(2-4)18-10-7(12)9(13)16-3-17-10/h1-3H. The van der Waals surface area contributed by atoms with E-state index < -0.39 is 11.6 Å². The number of ether oxygens (including phenoxy) is 1. The molecule has 1 heterocycles. The Hall–Kier alpha value is -0.790. The Morgan fingerprint density at radius 1 is 1.17 bits per heavy atom. The average Bonchev–Trinajstić information content (AvgIpc) is 2.31. The lowest BCUT2D eigenvalue weighted by atomic mass is 10.3. The van der Waals surface area contributed by atoms with Crippen molar-refractivity contribution in [2.75, 3.05) is 0 Å². The number of nitrogens with zero attached hydrogens (tertiary/aromatic N) is 2. The number of benzene rings is 1. The number of halogens is 5. The van der Waals surface area contributed by atoms with Crippen molar-refractivity contribution in [3.8, 4) is 11.6 Å². The lowest BCUT2D eigenvalue weighted by Gasteiger charge is -2.08. The van der Waals surface area contributed by atoms with Crippen LogP contribution in [0.25, 0.3) is 0 Å². The fraction of sp³-hybridized carbons (Fsp3) is 0. The van der Waals surface area contributed by atoms with E-state index in [0.29, 0.717) is 4.47 Å². The highest BCUT2D eigenvalue weighted by molar-refractivity contribution is 9.10. The molecule has 0 fully saturated rings. The second-order valence-corrected chi connectivity index (χ2v) is 5.15. The molecule has 0 aliphatic carbocycles. The molecule has 2 aromatic rings. The lowest BCUT2D eigenvalue weighted by molar-refractivity contribution is 0.402. The molecule has 0 radical (unpaired) electrons. The van der Waals surface area contributed by atoms with Crippen molar-refractivity contribution in [2.45, 2.75) is 0 Å². The minimum atomic E-state index is -1.11. The van der Waals surface area contributed by atoms with E-state index in [1.165, 1.54) is 6.07 Å². The zero-order chi connectivity index (χ0) is 13.3. The van der Waals surface area contributed by atoms with Crippen LogP contribution in [0.5, 0.6) is 11.6 Å². The maximum Gasteiger partial charge on any atom is 0.238 e. The molecule has 1 aromatic carbocycles. The van der Waals surface area contributed by atoms with Crippen LogP contribution in [0.15, 0.2) is 27.4 Å². The number of hydrogen-bond donors (Lipinski definition) is 0. The van der Waals surface area contributed by atoms with Crippen molar-refractivity contribution < 1.29 is 13.5 Å². The minimum Gasteiger partial charge on any atom is -0.434 e. The Kier molecular flexibility index (Phi) is 4.14. The van der Waals surface area contributed by atoms with Crippen LogP contribution in [-0.4, -0.2) is 9.97 Å². The highest BCUT2D eigenvalue weighted by Gasteiger charge is 2.15. The quantitative estimate of drug-likeness (QED) is 0.540. The summed E-state index contributed by atoms with van der Waals surface area (Å²) in [6.45, 7) is 0. The molecule has 0 saturated carbocycles. The normalized spacial score (nSPS) is 10.5. The summed E-state index contributed by atoms with van der Waals surface area (Å²) in [5.41, 5.74) is 0. The Labute approximate surface area is 122 Å². The van der Waals surface area contributed by atoms with Crippen molar-refractivity contribution >= 4 is 43.5 Å². The molecule has 2 rings (SSSR count). The fourth-order valence-electron chi connectivity index (χ4n) is 1.12. The first-order valence-electron chi connectivity index (χ1n) is 4.47. The maximum atomic E-state index is 13.5. The van der Waals surface area contributed by atoms with Gasteiger partial charge in [0.15, 0.2) is 16.7 Å². The van der Waals surface area contributed by atoms with Gasteiger partial charge in [0.1, 0.15) is 10.8 Å². The summed E-state index contributed by atoms with van der Waals surface area (Å²) in [7, 11) is 0. The van der Waals surface area contributed by atoms with E-state index in [1.807, 2.05) is 0 Å². The van der Waals surface area contributed by atoms with Gasteiger partial charge in [0.05, 0.1) is 0 Å². The number of aromatic nitrogens is 2. The molecule has 0 bridgehead atoms. The van der Waals surface area contributed by atoms with Crippen LogP contribution in [-0.2, 0) is 0 Å². The Morgan fingerprint density at radius 3 is 2.61 bits per heavy atom. The molecule has 0 aliphatic heterocycles. The van der Waals surface area contributed by atoms with Crippen LogP contribution in [0.3, 0.4) is 0 Å². The smallest absolute Gasteiger partial charge is 0.238 e. The first-order chi connectivity index (χ1) is 8.49. The van der Waals surface area contributed by atoms with E-state index >= 15 is 0 Å². The highest BCUT2D eigenvalue weighted by atomic mass is 79.9. The van der Waals surface area contributed by atoms with E-state index in [0.717, 1.165) is 12.4 Å². The predicted molar refractivity (Wildman–Crippen MR) is 68.9 cm³/mol. The first kappa shape index (κ1) is 13.6. The lowest BCUT2D eigenvalue weighted by Crippen LogP contribution is -1.96. The van der Waals surface area contributed by atoms with Gasteiger partial charge in [-0.15, -0.1) is 0 Å². The van der Waals surface area contributed by atoms with Crippen molar-refractivity contribution in [1.29, 1.82) is 0 Å². The molecular formula is C10H3Br2ClF2N2O. The van der Waals surface area contributed by atoms with Crippen LogP contribution >= 0.6 is 43.5 Å². The molecule has 0 N–H and O–H groups in total. The van der Waals surface area contributed by atoms with E-state index in [2.05, 4.69) is 41.8 Å². The molecule has 0 spiro atoms. The van der Waals surface area contributed by atoms with Crippen LogP contribution in [0, 0.1) is 11.6 Å². The highest BCUT2D eigenvalue weighted by Crippen LogP contribution is 2.34. The Balaban J connectivity index is 2.43. The van der Waals surface area contributed by atoms with Crippen LogP contribution in [0.2, 0.25) is 5.15 Å². The van der Waals surface area contributed by atoms with Crippen molar-refractivity contribution in [2.24, 2.45) is 0 Å². The van der Waals surface area contributed by atoms with E-state index in [1.54, 1.807) is 0 Å².